The maximum Gasteiger partial charge on any atom is -0.00179 e. The Labute approximate surface area is 128 Å². The molecule has 20 heavy (non-hydrogen) atoms. The van der Waals surface area contributed by atoms with Crippen LogP contribution in [0.25, 0.3) is 0 Å². The predicted octanol–water partition coefficient (Wildman–Crippen LogP) is 5.64. The predicted molar refractivity (Wildman–Crippen MR) is 91.1 cm³/mol. The van der Waals surface area contributed by atoms with Gasteiger partial charge >= 0.3 is 0 Å². The van der Waals surface area contributed by atoms with Crippen LogP contribution in [-0.4, -0.2) is 13.1 Å². The summed E-state index contributed by atoms with van der Waals surface area (Å²) in [6, 6.07) is 0. The Kier molecular flexibility index (Phi) is 8.17. The van der Waals surface area contributed by atoms with Gasteiger partial charge in [-0.2, -0.15) is 0 Å². The van der Waals surface area contributed by atoms with Crippen LogP contribution < -0.4 is 5.32 Å². The monoisotopic (exact) mass is 281 g/mol. The van der Waals surface area contributed by atoms with Crippen LogP contribution in [0.4, 0.5) is 0 Å². The molecule has 1 aliphatic rings. The molecule has 0 amide bonds. The Bertz CT molecular complexity index is 241. The summed E-state index contributed by atoms with van der Waals surface area (Å²) in [5.41, 5.74) is 0.505. The van der Waals surface area contributed by atoms with E-state index in [-0.39, 0.29) is 0 Å². The molecule has 1 rings (SSSR count). The fraction of sp³-hybridized carbons (Fsp3) is 1.00. The first kappa shape index (κ1) is 18.0. The molecule has 0 aromatic heterocycles. The average Bonchev–Trinajstić information content (AvgIpc) is 2.39. The lowest BCUT2D eigenvalue weighted by Gasteiger charge is -2.42. The third kappa shape index (κ3) is 6.16. The first-order chi connectivity index (χ1) is 9.49. The minimum Gasteiger partial charge on any atom is -0.316 e. The van der Waals surface area contributed by atoms with Crippen molar-refractivity contribution in [3.63, 3.8) is 0 Å². The smallest absolute Gasteiger partial charge is 0.00179 e. The van der Waals surface area contributed by atoms with Crippen LogP contribution in [0.2, 0.25) is 0 Å². The lowest BCUT2D eigenvalue weighted by atomic mass is 9.64. The summed E-state index contributed by atoms with van der Waals surface area (Å²) in [4.78, 5) is 0. The molecular weight excluding hydrogens is 242 g/mol. The first-order valence-corrected chi connectivity index (χ1v) is 9.19. The zero-order valence-corrected chi connectivity index (χ0v) is 14.8. The standard InChI is InChI=1S/C19H39N/c1-6-8-9-10-16-14-18(19(3,4)5)12-11-17(16)15-20-13-7-2/h16-18,20H,6-15H2,1-5H3. The van der Waals surface area contributed by atoms with Gasteiger partial charge in [0.1, 0.15) is 0 Å². The zero-order valence-electron chi connectivity index (χ0n) is 14.8. The normalized spacial score (nSPS) is 27.8. The summed E-state index contributed by atoms with van der Waals surface area (Å²) in [7, 11) is 0. The Morgan fingerprint density at radius 3 is 2.30 bits per heavy atom. The minimum absolute atomic E-state index is 0.505. The number of hydrogen-bond donors (Lipinski definition) is 1. The second-order valence-corrected chi connectivity index (χ2v) is 8.10. The van der Waals surface area contributed by atoms with E-state index in [9.17, 15) is 0 Å². The van der Waals surface area contributed by atoms with Crippen molar-refractivity contribution in [2.45, 2.75) is 86.0 Å². The van der Waals surface area contributed by atoms with Gasteiger partial charge in [-0.3, -0.25) is 0 Å². The first-order valence-electron chi connectivity index (χ1n) is 9.19. The molecule has 0 radical (unpaired) electrons. The fourth-order valence-electron chi connectivity index (χ4n) is 3.86. The summed E-state index contributed by atoms with van der Waals surface area (Å²) < 4.78 is 0. The van der Waals surface area contributed by atoms with Crippen LogP contribution in [0.15, 0.2) is 0 Å². The fourth-order valence-corrected chi connectivity index (χ4v) is 3.86. The quantitative estimate of drug-likeness (QED) is 0.567. The van der Waals surface area contributed by atoms with E-state index in [1.54, 1.807) is 0 Å². The molecular formula is C19H39N. The van der Waals surface area contributed by atoms with Crippen LogP contribution in [0.3, 0.4) is 0 Å². The molecule has 1 heteroatoms. The Morgan fingerprint density at radius 1 is 0.950 bits per heavy atom. The van der Waals surface area contributed by atoms with Gasteiger partial charge in [0.25, 0.3) is 0 Å². The zero-order chi connectivity index (χ0) is 15.0. The lowest BCUT2D eigenvalue weighted by Crippen LogP contribution is -2.36. The SMILES string of the molecule is CCCCCC1CC(C(C)(C)C)CCC1CNCCC. The Hall–Kier alpha value is -0.0400. The minimum atomic E-state index is 0.505. The van der Waals surface area contributed by atoms with E-state index in [2.05, 4.69) is 39.9 Å². The Balaban J connectivity index is 2.50. The average molecular weight is 282 g/mol. The second-order valence-electron chi connectivity index (χ2n) is 8.10. The highest BCUT2D eigenvalue weighted by molar-refractivity contribution is 4.86. The molecule has 3 atom stereocenters. The van der Waals surface area contributed by atoms with E-state index in [0.717, 1.165) is 17.8 Å². The third-order valence-electron chi connectivity index (χ3n) is 5.38. The van der Waals surface area contributed by atoms with Crippen molar-refractivity contribution in [3.05, 3.63) is 0 Å². The van der Waals surface area contributed by atoms with Crippen molar-refractivity contribution in [1.29, 1.82) is 0 Å². The topological polar surface area (TPSA) is 12.0 Å². The van der Waals surface area contributed by atoms with Gasteiger partial charge in [-0.15, -0.1) is 0 Å². The molecule has 0 aliphatic heterocycles. The number of nitrogens with one attached hydrogen (secondary N) is 1. The van der Waals surface area contributed by atoms with Crippen LogP contribution in [-0.2, 0) is 0 Å². The molecule has 0 heterocycles. The lowest BCUT2D eigenvalue weighted by molar-refractivity contribution is 0.0911. The molecule has 0 aromatic carbocycles. The highest BCUT2D eigenvalue weighted by Crippen LogP contribution is 2.44. The molecule has 0 spiro atoms. The van der Waals surface area contributed by atoms with E-state index in [4.69, 9.17) is 0 Å². The van der Waals surface area contributed by atoms with Gasteiger partial charge in [0, 0.05) is 0 Å². The largest absolute Gasteiger partial charge is 0.316 e. The second kappa shape index (κ2) is 9.07. The van der Waals surface area contributed by atoms with Crippen LogP contribution in [0.1, 0.15) is 86.0 Å². The summed E-state index contributed by atoms with van der Waals surface area (Å²) in [5, 5.41) is 3.68. The van der Waals surface area contributed by atoms with Gasteiger partial charge < -0.3 is 5.32 Å². The highest BCUT2D eigenvalue weighted by Gasteiger charge is 2.35. The van der Waals surface area contributed by atoms with E-state index >= 15 is 0 Å². The molecule has 1 fully saturated rings. The van der Waals surface area contributed by atoms with Crippen LogP contribution >= 0.6 is 0 Å². The van der Waals surface area contributed by atoms with Gasteiger partial charge in [0.05, 0.1) is 0 Å². The van der Waals surface area contributed by atoms with E-state index in [1.807, 2.05) is 0 Å². The Morgan fingerprint density at radius 2 is 1.70 bits per heavy atom. The molecule has 1 N–H and O–H groups in total. The van der Waals surface area contributed by atoms with Crippen molar-refractivity contribution in [2.24, 2.45) is 23.2 Å². The highest BCUT2D eigenvalue weighted by atomic mass is 14.9. The molecule has 1 saturated carbocycles. The number of rotatable bonds is 8. The van der Waals surface area contributed by atoms with Crippen molar-refractivity contribution >= 4 is 0 Å². The summed E-state index contributed by atoms with van der Waals surface area (Å²) in [5.74, 6) is 2.86. The summed E-state index contributed by atoms with van der Waals surface area (Å²) >= 11 is 0. The van der Waals surface area contributed by atoms with Gasteiger partial charge in [-0.05, 0) is 61.9 Å². The van der Waals surface area contributed by atoms with Gasteiger partial charge in [0.15, 0.2) is 0 Å². The third-order valence-corrected chi connectivity index (χ3v) is 5.38. The van der Waals surface area contributed by atoms with E-state index in [1.165, 1.54) is 64.5 Å². The van der Waals surface area contributed by atoms with Gasteiger partial charge in [-0.1, -0.05) is 60.3 Å². The molecule has 1 nitrogen and oxygen atoms in total. The van der Waals surface area contributed by atoms with Gasteiger partial charge in [-0.25, -0.2) is 0 Å². The molecule has 0 bridgehead atoms. The number of hydrogen-bond acceptors (Lipinski definition) is 1. The van der Waals surface area contributed by atoms with Crippen molar-refractivity contribution in [3.8, 4) is 0 Å². The summed E-state index contributed by atoms with van der Waals surface area (Å²) in [6.45, 7) is 14.4. The summed E-state index contributed by atoms with van der Waals surface area (Å²) in [6.07, 6.45) is 11.3. The van der Waals surface area contributed by atoms with Crippen molar-refractivity contribution in [1.82, 2.24) is 5.32 Å². The molecule has 120 valence electrons. The number of unbranched alkanes of at least 4 members (excludes halogenated alkanes) is 2. The van der Waals surface area contributed by atoms with Gasteiger partial charge in [0.2, 0.25) is 0 Å². The molecule has 3 unspecified atom stereocenters. The molecule has 0 saturated heterocycles. The van der Waals surface area contributed by atoms with Crippen molar-refractivity contribution < 1.29 is 0 Å². The van der Waals surface area contributed by atoms with Crippen LogP contribution in [0, 0.1) is 23.2 Å². The maximum absolute atomic E-state index is 3.68. The molecule has 1 aliphatic carbocycles. The molecule has 0 aromatic rings. The van der Waals surface area contributed by atoms with Crippen LogP contribution in [0.5, 0.6) is 0 Å². The van der Waals surface area contributed by atoms with Crippen molar-refractivity contribution in [2.75, 3.05) is 13.1 Å². The van der Waals surface area contributed by atoms with E-state index in [0.29, 0.717) is 5.41 Å². The maximum atomic E-state index is 3.68. The van der Waals surface area contributed by atoms with E-state index < -0.39 is 0 Å².